The third kappa shape index (κ3) is 4.33. The highest BCUT2D eigenvalue weighted by Gasteiger charge is 2.38. The van der Waals surface area contributed by atoms with Crippen LogP contribution in [0.2, 0.25) is 0 Å². The average molecular weight is 431 g/mol. The number of ketones is 1. The maximum atomic E-state index is 13.5. The number of aryl methyl sites for hydroxylation is 1. The minimum absolute atomic E-state index is 0.115. The van der Waals surface area contributed by atoms with Gasteiger partial charge in [-0.25, -0.2) is 0 Å². The van der Waals surface area contributed by atoms with Gasteiger partial charge in [0.25, 0.3) is 5.91 Å². The largest absolute Gasteiger partial charge is 0.494 e. The summed E-state index contributed by atoms with van der Waals surface area (Å²) < 4.78 is 5.73. The standard InChI is InChI=1S/C27H30N2O3/c1-4-16-32-20-14-12-19(13-15-20)25-24(27(31)29-21-9-6-5-8-17(21)2)18(3)28-22-10-7-11-23(30)26(22)25/h5-6,8-9,12-15,25,28H,4,7,10-11,16H2,1-3H3,(H,29,31)/t25-/m0/s1. The smallest absolute Gasteiger partial charge is 0.254 e. The van der Waals surface area contributed by atoms with Gasteiger partial charge in [0.2, 0.25) is 0 Å². The fourth-order valence-corrected chi connectivity index (χ4v) is 4.50. The second kappa shape index (κ2) is 9.43. The Labute approximate surface area is 189 Å². The first-order valence-electron chi connectivity index (χ1n) is 11.3. The number of rotatable bonds is 6. The van der Waals surface area contributed by atoms with Crippen molar-refractivity contribution >= 4 is 17.4 Å². The summed E-state index contributed by atoms with van der Waals surface area (Å²) in [7, 11) is 0. The molecule has 1 heterocycles. The number of para-hydroxylation sites is 1. The lowest BCUT2D eigenvalue weighted by molar-refractivity contribution is -0.116. The van der Waals surface area contributed by atoms with Crippen molar-refractivity contribution in [3.63, 3.8) is 0 Å². The van der Waals surface area contributed by atoms with E-state index < -0.39 is 5.92 Å². The van der Waals surface area contributed by atoms with Crippen LogP contribution in [0, 0.1) is 6.92 Å². The van der Waals surface area contributed by atoms with Gasteiger partial charge in [-0.2, -0.15) is 0 Å². The van der Waals surface area contributed by atoms with E-state index in [1.54, 1.807) is 0 Å². The summed E-state index contributed by atoms with van der Waals surface area (Å²) in [5.74, 6) is 0.317. The molecule has 0 radical (unpaired) electrons. The molecule has 0 fully saturated rings. The van der Waals surface area contributed by atoms with Crippen molar-refractivity contribution in [3.8, 4) is 5.75 Å². The number of dihydropyridines is 1. The molecule has 0 bridgehead atoms. The van der Waals surface area contributed by atoms with Crippen LogP contribution in [0.15, 0.2) is 71.1 Å². The van der Waals surface area contributed by atoms with Gasteiger partial charge in [-0.3, -0.25) is 9.59 Å². The van der Waals surface area contributed by atoms with Gasteiger partial charge in [-0.1, -0.05) is 37.3 Å². The van der Waals surface area contributed by atoms with E-state index >= 15 is 0 Å². The monoisotopic (exact) mass is 430 g/mol. The van der Waals surface area contributed by atoms with Crippen molar-refractivity contribution in [2.75, 3.05) is 11.9 Å². The lowest BCUT2D eigenvalue weighted by Crippen LogP contribution is -2.35. The van der Waals surface area contributed by atoms with Crippen LogP contribution in [-0.4, -0.2) is 18.3 Å². The van der Waals surface area contributed by atoms with Gasteiger partial charge in [-0.05, 0) is 62.4 Å². The summed E-state index contributed by atoms with van der Waals surface area (Å²) in [6.45, 7) is 6.61. The number of ether oxygens (including phenoxy) is 1. The van der Waals surface area contributed by atoms with Crippen LogP contribution in [0.5, 0.6) is 5.75 Å². The third-order valence-electron chi connectivity index (χ3n) is 6.10. The van der Waals surface area contributed by atoms with E-state index in [1.807, 2.05) is 62.4 Å². The molecule has 0 unspecified atom stereocenters. The molecule has 0 spiro atoms. The van der Waals surface area contributed by atoms with Crippen LogP contribution in [0.25, 0.3) is 0 Å². The van der Waals surface area contributed by atoms with E-state index in [1.165, 1.54) is 0 Å². The highest BCUT2D eigenvalue weighted by molar-refractivity contribution is 6.10. The van der Waals surface area contributed by atoms with Crippen molar-refractivity contribution in [2.45, 2.75) is 52.4 Å². The van der Waals surface area contributed by atoms with Crippen molar-refractivity contribution in [2.24, 2.45) is 0 Å². The zero-order valence-electron chi connectivity index (χ0n) is 19.0. The zero-order chi connectivity index (χ0) is 22.7. The van der Waals surface area contributed by atoms with Gasteiger partial charge in [0.1, 0.15) is 5.75 Å². The van der Waals surface area contributed by atoms with Crippen LogP contribution < -0.4 is 15.4 Å². The van der Waals surface area contributed by atoms with E-state index in [0.29, 0.717) is 18.6 Å². The van der Waals surface area contributed by atoms with Crippen LogP contribution in [0.4, 0.5) is 5.69 Å². The molecule has 1 atom stereocenters. The Kier molecular flexibility index (Phi) is 6.45. The van der Waals surface area contributed by atoms with Crippen molar-refractivity contribution in [3.05, 3.63) is 82.2 Å². The molecule has 1 amide bonds. The van der Waals surface area contributed by atoms with Gasteiger partial charge in [-0.15, -0.1) is 0 Å². The van der Waals surface area contributed by atoms with Gasteiger partial charge >= 0.3 is 0 Å². The molecule has 2 aromatic rings. The lowest BCUT2D eigenvalue weighted by atomic mass is 9.75. The number of Topliss-reactive ketones (excluding diaryl/α,β-unsaturated/α-hetero) is 1. The lowest BCUT2D eigenvalue weighted by Gasteiger charge is -2.34. The number of hydrogen-bond acceptors (Lipinski definition) is 4. The van der Waals surface area contributed by atoms with Gasteiger partial charge in [0.15, 0.2) is 5.78 Å². The molecule has 166 valence electrons. The number of benzene rings is 2. The fraction of sp³-hybridized carbons (Fsp3) is 0.333. The summed E-state index contributed by atoms with van der Waals surface area (Å²) in [4.78, 5) is 26.6. The van der Waals surface area contributed by atoms with Crippen LogP contribution >= 0.6 is 0 Å². The minimum Gasteiger partial charge on any atom is -0.494 e. The molecule has 32 heavy (non-hydrogen) atoms. The van der Waals surface area contributed by atoms with E-state index in [-0.39, 0.29) is 11.7 Å². The molecular formula is C27H30N2O3. The average Bonchev–Trinajstić information content (AvgIpc) is 2.79. The Morgan fingerprint density at radius 3 is 2.56 bits per heavy atom. The first kappa shape index (κ1) is 21.9. The molecule has 2 aromatic carbocycles. The maximum Gasteiger partial charge on any atom is 0.254 e. The van der Waals surface area contributed by atoms with Crippen LogP contribution in [-0.2, 0) is 9.59 Å². The van der Waals surface area contributed by atoms with Crippen LogP contribution in [0.1, 0.15) is 56.6 Å². The Morgan fingerprint density at radius 1 is 1.09 bits per heavy atom. The second-order valence-electron chi connectivity index (χ2n) is 8.45. The molecule has 2 aliphatic rings. The number of hydrogen-bond donors (Lipinski definition) is 2. The topological polar surface area (TPSA) is 67.4 Å². The first-order valence-corrected chi connectivity index (χ1v) is 11.3. The summed E-state index contributed by atoms with van der Waals surface area (Å²) >= 11 is 0. The van der Waals surface area contributed by atoms with Crippen LogP contribution in [0.3, 0.4) is 0 Å². The molecule has 5 nitrogen and oxygen atoms in total. The molecule has 1 aliphatic carbocycles. The summed E-state index contributed by atoms with van der Waals surface area (Å²) in [5.41, 5.74) is 5.74. The Morgan fingerprint density at radius 2 is 1.84 bits per heavy atom. The first-order chi connectivity index (χ1) is 15.5. The minimum atomic E-state index is -0.400. The number of carbonyl (C=O) groups excluding carboxylic acids is 2. The van der Waals surface area contributed by atoms with Crippen molar-refractivity contribution in [1.29, 1.82) is 0 Å². The number of nitrogens with one attached hydrogen (secondary N) is 2. The quantitative estimate of drug-likeness (QED) is 0.645. The number of amides is 1. The van der Waals surface area contributed by atoms with E-state index in [4.69, 9.17) is 4.74 Å². The Bertz CT molecular complexity index is 1100. The summed E-state index contributed by atoms with van der Waals surface area (Å²) in [5, 5.41) is 6.44. The third-order valence-corrected chi connectivity index (χ3v) is 6.10. The molecule has 0 saturated heterocycles. The van der Waals surface area contributed by atoms with Crippen molar-refractivity contribution in [1.82, 2.24) is 5.32 Å². The summed E-state index contributed by atoms with van der Waals surface area (Å²) in [6.07, 6.45) is 3.10. The molecular weight excluding hydrogens is 400 g/mol. The number of anilines is 1. The van der Waals surface area contributed by atoms with Gasteiger partial charge < -0.3 is 15.4 Å². The SMILES string of the molecule is CCCOc1ccc([C@H]2C(C(=O)Nc3ccccc3C)=C(C)NC3=C2C(=O)CCC3)cc1. The highest BCUT2D eigenvalue weighted by Crippen LogP contribution is 2.42. The van der Waals surface area contributed by atoms with Crippen molar-refractivity contribution < 1.29 is 14.3 Å². The van der Waals surface area contributed by atoms with E-state index in [9.17, 15) is 9.59 Å². The Balaban J connectivity index is 1.74. The predicted octanol–water partition coefficient (Wildman–Crippen LogP) is 5.39. The maximum absolute atomic E-state index is 13.5. The summed E-state index contributed by atoms with van der Waals surface area (Å²) in [6, 6.07) is 15.5. The predicted molar refractivity (Wildman–Crippen MR) is 126 cm³/mol. The molecule has 4 rings (SSSR count). The second-order valence-corrected chi connectivity index (χ2v) is 8.45. The van der Waals surface area contributed by atoms with E-state index in [0.717, 1.165) is 58.8 Å². The normalized spacial score (nSPS) is 18.2. The number of allylic oxidation sites excluding steroid dienone is 3. The van der Waals surface area contributed by atoms with Gasteiger partial charge in [0, 0.05) is 40.6 Å². The Hall–Kier alpha value is -3.34. The zero-order valence-corrected chi connectivity index (χ0v) is 19.0. The fourth-order valence-electron chi connectivity index (χ4n) is 4.50. The van der Waals surface area contributed by atoms with Gasteiger partial charge in [0.05, 0.1) is 6.61 Å². The molecule has 0 saturated carbocycles. The molecule has 1 aliphatic heterocycles. The van der Waals surface area contributed by atoms with E-state index in [2.05, 4.69) is 17.6 Å². The highest BCUT2D eigenvalue weighted by atomic mass is 16.5. The number of carbonyl (C=O) groups is 2. The molecule has 5 heteroatoms. The molecule has 2 N–H and O–H groups in total. The molecule has 0 aromatic heterocycles.